The molecule has 0 bridgehead atoms. The lowest BCUT2D eigenvalue weighted by atomic mass is 9.85. The fourth-order valence-corrected chi connectivity index (χ4v) is 5.77. The summed E-state index contributed by atoms with van der Waals surface area (Å²) in [4.78, 5) is 16.0. The molecule has 4 unspecified atom stereocenters. The Kier molecular flexibility index (Phi) is 11.2. The summed E-state index contributed by atoms with van der Waals surface area (Å²) in [5, 5.41) is 4.00. The Morgan fingerprint density at radius 1 is 0.878 bits per heavy atom. The molecule has 10 heteroatoms. The molecule has 2 saturated heterocycles. The first kappa shape index (κ1) is 31.0. The fourth-order valence-electron chi connectivity index (χ4n) is 5.77. The second kappa shape index (κ2) is 14.8. The number of methoxy groups -OCH3 is 1. The molecule has 2 aromatic carbocycles. The highest BCUT2D eigenvalue weighted by molar-refractivity contribution is 5.75. The van der Waals surface area contributed by atoms with Gasteiger partial charge in [0.15, 0.2) is 12.4 Å². The van der Waals surface area contributed by atoms with Crippen molar-refractivity contribution in [1.29, 1.82) is 0 Å². The molecule has 0 spiro atoms. The zero-order valence-corrected chi connectivity index (χ0v) is 24.4. The lowest BCUT2D eigenvalue weighted by Gasteiger charge is -2.48. The number of hydrogen-bond donors (Lipinski definition) is 0. The third-order valence-corrected chi connectivity index (χ3v) is 8.04. The van der Waals surface area contributed by atoms with E-state index in [1.54, 1.807) is 0 Å². The van der Waals surface area contributed by atoms with Crippen molar-refractivity contribution in [3.8, 4) is 0 Å². The molecular weight excluding hydrogens is 526 g/mol. The van der Waals surface area contributed by atoms with E-state index >= 15 is 0 Å². The van der Waals surface area contributed by atoms with Crippen molar-refractivity contribution in [2.24, 2.45) is 17.0 Å². The lowest BCUT2D eigenvalue weighted by Crippen LogP contribution is -2.61. The summed E-state index contributed by atoms with van der Waals surface area (Å²) in [5.74, 6) is -1.09. The molecule has 10 nitrogen and oxygen atoms in total. The molecule has 4 rings (SSSR count). The van der Waals surface area contributed by atoms with Gasteiger partial charge in [0.1, 0.15) is 6.10 Å². The Morgan fingerprint density at radius 2 is 1.46 bits per heavy atom. The van der Waals surface area contributed by atoms with Gasteiger partial charge in [-0.3, -0.25) is 0 Å². The highest BCUT2D eigenvalue weighted by Gasteiger charge is 2.52. The molecule has 0 radical (unpaired) electrons. The Labute approximate surface area is 241 Å². The van der Waals surface area contributed by atoms with Gasteiger partial charge in [0.25, 0.3) is 0 Å². The maximum Gasteiger partial charge on any atom is 0.335 e. The van der Waals surface area contributed by atoms with Crippen LogP contribution < -0.4 is 0 Å². The van der Waals surface area contributed by atoms with E-state index in [-0.39, 0.29) is 18.1 Å². The molecule has 0 aromatic heterocycles. The van der Waals surface area contributed by atoms with Crippen LogP contribution in [0.5, 0.6) is 0 Å². The number of benzene rings is 2. The average Bonchev–Trinajstić information content (AvgIpc) is 3.00. The van der Waals surface area contributed by atoms with Crippen molar-refractivity contribution >= 4 is 5.97 Å². The monoisotopic (exact) mass is 567 g/mol. The summed E-state index contributed by atoms with van der Waals surface area (Å²) in [5.41, 5.74) is 11.2. The quantitative estimate of drug-likeness (QED) is 0.150. The highest BCUT2D eigenvalue weighted by atomic mass is 16.7. The van der Waals surface area contributed by atoms with Crippen molar-refractivity contribution in [3.63, 3.8) is 0 Å². The molecule has 0 saturated carbocycles. The third-order valence-electron chi connectivity index (χ3n) is 8.04. The van der Waals surface area contributed by atoms with E-state index in [4.69, 9.17) is 28.4 Å². The van der Waals surface area contributed by atoms with Crippen molar-refractivity contribution in [3.05, 3.63) is 82.2 Å². The van der Waals surface area contributed by atoms with E-state index < -0.39 is 48.6 Å². The number of azide groups is 1. The van der Waals surface area contributed by atoms with Crippen molar-refractivity contribution in [2.45, 2.75) is 96.3 Å². The first-order valence-electron chi connectivity index (χ1n) is 14.3. The van der Waals surface area contributed by atoms with E-state index in [2.05, 4.69) is 10.0 Å². The molecule has 2 aliphatic heterocycles. The molecular formula is C31H41N3O7. The zero-order valence-electron chi connectivity index (χ0n) is 24.4. The van der Waals surface area contributed by atoms with E-state index in [1.807, 2.05) is 88.4 Å². The van der Waals surface area contributed by atoms with Gasteiger partial charge in [-0.05, 0) is 35.9 Å². The topological polar surface area (TPSA) is 121 Å². The fraction of sp³-hybridized carbons (Fsp3) is 0.581. The minimum Gasteiger partial charge on any atom is -0.467 e. The molecule has 0 amide bonds. The summed E-state index contributed by atoms with van der Waals surface area (Å²) in [6.07, 6.45) is -3.52. The van der Waals surface area contributed by atoms with Crippen LogP contribution in [0.25, 0.3) is 10.4 Å². The number of carbonyl (C=O) groups excluding carboxylic acids is 1. The van der Waals surface area contributed by atoms with Crippen LogP contribution in [0.15, 0.2) is 65.8 Å². The van der Waals surface area contributed by atoms with Crippen LogP contribution >= 0.6 is 0 Å². The van der Waals surface area contributed by atoms with Crippen LogP contribution in [-0.2, 0) is 46.4 Å². The zero-order chi connectivity index (χ0) is 29.4. The largest absolute Gasteiger partial charge is 0.467 e. The number of esters is 1. The van der Waals surface area contributed by atoms with E-state index in [1.165, 1.54) is 7.11 Å². The Bertz CT molecular complexity index is 1150. The van der Waals surface area contributed by atoms with Gasteiger partial charge in [-0.25, -0.2) is 4.79 Å². The number of ether oxygens (including phenoxy) is 6. The number of carbonyl (C=O) groups is 1. The van der Waals surface area contributed by atoms with Crippen LogP contribution in [0.2, 0.25) is 0 Å². The first-order valence-corrected chi connectivity index (χ1v) is 14.3. The molecule has 0 N–H and O–H groups in total. The third kappa shape index (κ3) is 7.46. The summed E-state index contributed by atoms with van der Waals surface area (Å²) in [6, 6.07) is 19.2. The van der Waals surface area contributed by atoms with Gasteiger partial charge < -0.3 is 28.4 Å². The van der Waals surface area contributed by atoms with Gasteiger partial charge in [-0.1, -0.05) is 86.5 Å². The van der Waals surface area contributed by atoms with Gasteiger partial charge in [0.2, 0.25) is 0 Å². The molecule has 2 aromatic rings. The van der Waals surface area contributed by atoms with E-state index in [0.717, 1.165) is 11.1 Å². The van der Waals surface area contributed by atoms with Gasteiger partial charge in [0.05, 0.1) is 50.8 Å². The normalized spacial score (nSPS) is 33.5. The van der Waals surface area contributed by atoms with Crippen LogP contribution in [0.4, 0.5) is 0 Å². The maximum absolute atomic E-state index is 12.9. The van der Waals surface area contributed by atoms with Crippen LogP contribution in [0, 0.1) is 11.8 Å². The van der Waals surface area contributed by atoms with Crippen LogP contribution in [0.3, 0.4) is 0 Å². The Balaban J connectivity index is 1.66. The van der Waals surface area contributed by atoms with Gasteiger partial charge >= 0.3 is 5.97 Å². The molecule has 222 valence electrons. The predicted octanol–water partition coefficient (Wildman–Crippen LogP) is 5.59. The smallest absolute Gasteiger partial charge is 0.335 e. The molecule has 2 aliphatic rings. The molecule has 2 heterocycles. The Hall–Kier alpha value is -2.98. The van der Waals surface area contributed by atoms with Gasteiger partial charge in [-0.2, -0.15) is 0 Å². The van der Waals surface area contributed by atoms with Crippen molar-refractivity contribution in [2.75, 3.05) is 7.11 Å². The van der Waals surface area contributed by atoms with Gasteiger partial charge in [-0.15, -0.1) is 0 Å². The summed E-state index contributed by atoms with van der Waals surface area (Å²) >= 11 is 0. The molecule has 0 aliphatic carbocycles. The summed E-state index contributed by atoms with van der Waals surface area (Å²) < 4.78 is 37.4. The predicted molar refractivity (Wildman–Crippen MR) is 151 cm³/mol. The minimum absolute atomic E-state index is 0.183. The van der Waals surface area contributed by atoms with Crippen molar-refractivity contribution in [1.82, 2.24) is 0 Å². The van der Waals surface area contributed by atoms with Gasteiger partial charge in [0, 0.05) is 10.8 Å². The first-order chi connectivity index (χ1) is 19.9. The SMILES string of the molecule is CCC1O[C@@H](C)C(N=[N+]=[N-])[C@@H](C)[C@H]1O[C@@H]1OC(C(=O)OC)[C@H](C)[C@H](OCc2ccccc2)C1OCc1ccccc1. The minimum atomic E-state index is -0.981. The molecule has 10 atom stereocenters. The molecule has 41 heavy (non-hydrogen) atoms. The molecule has 2 fully saturated rings. The average molecular weight is 568 g/mol. The Morgan fingerprint density at radius 3 is 2.00 bits per heavy atom. The van der Waals surface area contributed by atoms with Crippen LogP contribution in [-0.4, -0.2) is 62.0 Å². The highest BCUT2D eigenvalue weighted by Crippen LogP contribution is 2.38. The number of rotatable bonds is 11. The maximum atomic E-state index is 12.9. The second-order valence-electron chi connectivity index (χ2n) is 10.8. The van der Waals surface area contributed by atoms with Crippen molar-refractivity contribution < 1.29 is 33.2 Å². The standard InChI is InChI=1S/C31H41N3O7/c1-6-24-26(19(2)25(33-34-32)21(4)39-24)40-31-29(38-18-23-15-11-8-12-16-23)27(20(3)28(41-31)30(35)36-5)37-17-22-13-9-7-10-14-22/h7-16,19-21,24-29,31H,6,17-18H2,1-5H3/t19-,20-,21+,24?,25?,26-,27+,28?,29?,31-/m1/s1. The second-order valence-corrected chi connectivity index (χ2v) is 10.8. The summed E-state index contributed by atoms with van der Waals surface area (Å²) in [6.45, 7) is 8.41. The number of hydrogen-bond acceptors (Lipinski definition) is 8. The van der Waals surface area contributed by atoms with E-state index in [9.17, 15) is 10.3 Å². The lowest BCUT2D eigenvalue weighted by molar-refractivity contribution is -0.329. The van der Waals surface area contributed by atoms with E-state index in [0.29, 0.717) is 19.6 Å². The van der Waals surface area contributed by atoms with Crippen LogP contribution in [0.1, 0.15) is 45.2 Å². The number of nitrogens with zero attached hydrogens (tertiary/aromatic N) is 3. The summed E-state index contributed by atoms with van der Waals surface area (Å²) in [7, 11) is 1.34.